The lowest BCUT2D eigenvalue weighted by molar-refractivity contribution is 0.0949. The maximum atomic E-state index is 12.5. The molecule has 10 heteroatoms. The van der Waals surface area contributed by atoms with Crippen molar-refractivity contribution in [3.05, 3.63) is 59.9 Å². The summed E-state index contributed by atoms with van der Waals surface area (Å²) in [5, 5.41) is 9.69. The number of hydrogen-bond donors (Lipinski definition) is 3. The van der Waals surface area contributed by atoms with E-state index in [2.05, 4.69) is 25.2 Å². The van der Waals surface area contributed by atoms with Crippen LogP contribution in [-0.2, 0) is 16.6 Å². The molecule has 3 N–H and O–H groups in total. The van der Waals surface area contributed by atoms with Gasteiger partial charge in [0.1, 0.15) is 11.6 Å². The summed E-state index contributed by atoms with van der Waals surface area (Å²) in [5.41, 5.74) is 1.07. The Hall–Kier alpha value is -3.24. The highest BCUT2D eigenvalue weighted by Crippen LogP contribution is 2.28. The summed E-state index contributed by atoms with van der Waals surface area (Å²) in [6, 6.07) is 13.3. The summed E-state index contributed by atoms with van der Waals surface area (Å²) in [5.74, 6) is 1.74. The summed E-state index contributed by atoms with van der Waals surface area (Å²) < 4.78 is 32.6. The number of hydrogen-bond acceptors (Lipinski definition) is 6. The molecule has 1 aliphatic carbocycles. The predicted octanol–water partition coefficient (Wildman–Crippen LogP) is 2.10. The Morgan fingerprint density at radius 1 is 1.19 bits per heavy atom. The minimum atomic E-state index is -3.64. The number of amides is 1. The fraction of sp³-hybridized carbons (Fsp3) is 0.286. The molecule has 4 rings (SSSR count). The van der Waals surface area contributed by atoms with Crippen molar-refractivity contribution in [3.8, 4) is 17.1 Å². The van der Waals surface area contributed by atoms with Gasteiger partial charge in [-0.1, -0.05) is 6.07 Å². The number of carbonyl (C=O) groups excluding carboxylic acids is 1. The van der Waals surface area contributed by atoms with E-state index < -0.39 is 15.9 Å². The van der Waals surface area contributed by atoms with Crippen LogP contribution in [0.15, 0.2) is 53.4 Å². The molecule has 1 amide bonds. The Labute approximate surface area is 180 Å². The first-order chi connectivity index (χ1) is 14.9. The highest BCUT2D eigenvalue weighted by Gasteiger charge is 2.24. The third kappa shape index (κ3) is 5.28. The van der Waals surface area contributed by atoms with Crippen molar-refractivity contribution in [1.82, 2.24) is 25.2 Å². The van der Waals surface area contributed by atoms with Crippen LogP contribution in [0.3, 0.4) is 0 Å². The van der Waals surface area contributed by atoms with Crippen molar-refractivity contribution >= 4 is 15.9 Å². The molecular formula is C21H23N5O4S. The summed E-state index contributed by atoms with van der Waals surface area (Å²) in [6.07, 6.45) is 2.10. The van der Waals surface area contributed by atoms with Crippen molar-refractivity contribution in [2.45, 2.75) is 24.3 Å². The molecule has 1 aromatic heterocycles. The number of nitrogens with zero attached hydrogens (tertiary/aromatic N) is 2. The number of aromatic nitrogens is 3. The molecule has 1 fully saturated rings. The van der Waals surface area contributed by atoms with Gasteiger partial charge in [0.15, 0.2) is 5.82 Å². The van der Waals surface area contributed by atoms with Gasteiger partial charge in [0.05, 0.1) is 18.6 Å². The first-order valence-electron chi connectivity index (χ1n) is 9.88. The molecule has 9 nitrogen and oxygen atoms in total. The third-order valence-corrected chi connectivity index (χ3v) is 6.38. The first kappa shape index (κ1) is 21.0. The minimum absolute atomic E-state index is 0.0715. The average Bonchev–Trinajstić information content (AvgIpc) is 3.52. The molecule has 3 aromatic rings. The smallest absolute Gasteiger partial charge is 0.251 e. The predicted molar refractivity (Wildman–Crippen MR) is 114 cm³/mol. The second-order valence-electron chi connectivity index (χ2n) is 7.34. The zero-order valence-corrected chi connectivity index (χ0v) is 17.8. The maximum absolute atomic E-state index is 12.5. The third-order valence-electron chi connectivity index (χ3n) is 4.96. The lowest BCUT2D eigenvalue weighted by Gasteiger charge is -2.08. The number of methoxy groups -OCH3 is 1. The van der Waals surface area contributed by atoms with Crippen LogP contribution in [-0.4, -0.2) is 43.2 Å². The highest BCUT2D eigenvalue weighted by atomic mass is 32.2. The molecule has 162 valence electrons. The van der Waals surface area contributed by atoms with Crippen LogP contribution in [0.4, 0.5) is 0 Å². The Morgan fingerprint density at radius 3 is 2.68 bits per heavy atom. The first-order valence-corrected chi connectivity index (χ1v) is 11.4. The molecule has 1 heterocycles. The van der Waals surface area contributed by atoms with Gasteiger partial charge in [-0.05, 0) is 61.2 Å². The van der Waals surface area contributed by atoms with E-state index in [0.717, 1.165) is 24.2 Å². The van der Waals surface area contributed by atoms with Crippen LogP contribution in [0.25, 0.3) is 11.4 Å². The van der Waals surface area contributed by atoms with Crippen molar-refractivity contribution in [1.29, 1.82) is 0 Å². The van der Waals surface area contributed by atoms with Gasteiger partial charge in [0.25, 0.3) is 5.91 Å². The monoisotopic (exact) mass is 441 g/mol. The minimum Gasteiger partial charge on any atom is -0.497 e. The Morgan fingerprint density at radius 2 is 1.97 bits per heavy atom. The second-order valence-corrected chi connectivity index (χ2v) is 9.11. The molecule has 0 atom stereocenters. The van der Waals surface area contributed by atoms with Crippen molar-refractivity contribution in [2.24, 2.45) is 5.92 Å². The Bertz CT molecular complexity index is 1170. The maximum Gasteiger partial charge on any atom is 0.251 e. The number of H-pyrrole nitrogens is 1. The van der Waals surface area contributed by atoms with Crippen LogP contribution >= 0.6 is 0 Å². The fourth-order valence-corrected chi connectivity index (χ4v) is 4.11. The average molecular weight is 442 g/mol. The Balaban J connectivity index is 1.38. The van der Waals surface area contributed by atoms with Crippen LogP contribution < -0.4 is 14.8 Å². The normalized spacial score (nSPS) is 13.7. The zero-order valence-electron chi connectivity index (χ0n) is 17.0. The van der Waals surface area contributed by atoms with Crippen molar-refractivity contribution in [2.75, 3.05) is 13.7 Å². The number of carbonyl (C=O) groups is 1. The van der Waals surface area contributed by atoms with Crippen LogP contribution in [0, 0.1) is 5.92 Å². The van der Waals surface area contributed by atoms with Gasteiger partial charge in [-0.3, -0.25) is 9.89 Å². The lowest BCUT2D eigenvalue weighted by Crippen LogP contribution is -2.27. The van der Waals surface area contributed by atoms with Gasteiger partial charge in [-0.25, -0.2) is 18.1 Å². The van der Waals surface area contributed by atoms with Gasteiger partial charge in [-0.15, -0.1) is 0 Å². The summed E-state index contributed by atoms with van der Waals surface area (Å²) in [6.45, 7) is 0.555. The molecule has 0 unspecified atom stereocenters. The van der Waals surface area contributed by atoms with Crippen molar-refractivity contribution < 1.29 is 17.9 Å². The molecule has 1 aliphatic rings. The topological polar surface area (TPSA) is 126 Å². The van der Waals surface area contributed by atoms with Crippen LogP contribution in [0.2, 0.25) is 0 Å². The summed E-state index contributed by atoms with van der Waals surface area (Å²) in [7, 11) is -2.04. The molecule has 2 aromatic carbocycles. The number of sulfonamides is 1. The molecular weight excluding hydrogens is 418 g/mol. The number of ether oxygens (including phenoxy) is 1. The van der Waals surface area contributed by atoms with Gasteiger partial charge in [0.2, 0.25) is 10.0 Å². The summed E-state index contributed by atoms with van der Waals surface area (Å²) in [4.78, 5) is 17.0. The lowest BCUT2D eigenvalue weighted by atomic mass is 10.2. The van der Waals surface area contributed by atoms with E-state index in [1.165, 1.54) is 12.1 Å². The number of rotatable bonds is 9. The van der Waals surface area contributed by atoms with Gasteiger partial charge in [0, 0.05) is 17.7 Å². The second kappa shape index (κ2) is 8.86. The molecule has 1 saturated carbocycles. The van der Waals surface area contributed by atoms with E-state index in [9.17, 15) is 13.2 Å². The van der Waals surface area contributed by atoms with Gasteiger partial charge < -0.3 is 10.1 Å². The van der Waals surface area contributed by atoms with E-state index in [4.69, 9.17) is 4.74 Å². The number of aromatic amines is 1. The summed E-state index contributed by atoms with van der Waals surface area (Å²) >= 11 is 0. The molecule has 0 aliphatic heterocycles. The van der Waals surface area contributed by atoms with E-state index in [1.807, 2.05) is 24.3 Å². The zero-order chi connectivity index (χ0) is 21.8. The van der Waals surface area contributed by atoms with E-state index >= 15 is 0 Å². The van der Waals surface area contributed by atoms with Gasteiger partial charge >= 0.3 is 0 Å². The fourth-order valence-electron chi connectivity index (χ4n) is 2.95. The Kier molecular flexibility index (Phi) is 6.01. The molecule has 0 radical (unpaired) electrons. The molecule has 31 heavy (non-hydrogen) atoms. The van der Waals surface area contributed by atoms with E-state index in [-0.39, 0.29) is 17.0 Å². The van der Waals surface area contributed by atoms with Gasteiger partial charge in [-0.2, -0.15) is 5.10 Å². The number of benzene rings is 2. The van der Waals surface area contributed by atoms with Crippen molar-refractivity contribution in [3.63, 3.8) is 0 Å². The molecule has 0 spiro atoms. The van der Waals surface area contributed by atoms with Crippen LogP contribution in [0.1, 0.15) is 29.0 Å². The molecule has 0 saturated heterocycles. The van der Waals surface area contributed by atoms with Crippen LogP contribution in [0.5, 0.6) is 5.75 Å². The van der Waals surface area contributed by atoms with E-state index in [1.54, 1.807) is 19.2 Å². The standard InChI is InChI=1S/C21H23N5O4S/c1-30-17-9-7-15(8-10-17)20-24-19(25-26-20)13-22-21(27)16-3-2-4-18(11-16)31(28,29)23-12-14-5-6-14/h2-4,7-11,14,23H,5-6,12-13H2,1H3,(H,22,27)(H,24,25,26). The highest BCUT2D eigenvalue weighted by molar-refractivity contribution is 7.89. The largest absolute Gasteiger partial charge is 0.497 e. The number of nitrogens with one attached hydrogen (secondary N) is 3. The van der Waals surface area contributed by atoms with E-state index in [0.29, 0.717) is 24.1 Å². The SMILES string of the molecule is COc1ccc(-c2n[nH]c(CNC(=O)c3cccc(S(=O)(=O)NCC4CC4)c3)n2)cc1. The molecule has 0 bridgehead atoms. The quantitative estimate of drug-likeness (QED) is 0.467.